The molecule has 3 rings (SSSR count). The number of ether oxygens (including phenoxy) is 1. The monoisotopic (exact) mass is 366 g/mol. The van der Waals surface area contributed by atoms with Crippen molar-refractivity contribution in [3.63, 3.8) is 0 Å². The van der Waals surface area contributed by atoms with Gasteiger partial charge in [0.25, 0.3) is 0 Å². The highest BCUT2D eigenvalue weighted by Gasteiger charge is 2.20. The van der Waals surface area contributed by atoms with Gasteiger partial charge in [0.1, 0.15) is 5.75 Å². The number of hydrogen-bond acceptors (Lipinski definition) is 3. The first-order valence-corrected chi connectivity index (χ1v) is 9.80. The summed E-state index contributed by atoms with van der Waals surface area (Å²) in [6.07, 6.45) is 2.81. The highest BCUT2D eigenvalue weighted by atomic mass is 16.5. The van der Waals surface area contributed by atoms with Crippen molar-refractivity contribution < 1.29 is 9.53 Å². The predicted octanol–water partition coefficient (Wildman–Crippen LogP) is 3.57. The lowest BCUT2D eigenvalue weighted by atomic mass is 9.97. The molecule has 0 radical (unpaired) electrons. The van der Waals surface area contributed by atoms with Crippen LogP contribution in [0.15, 0.2) is 48.5 Å². The minimum Gasteiger partial charge on any atom is -0.497 e. The number of nitrogens with one attached hydrogen (secondary N) is 1. The summed E-state index contributed by atoms with van der Waals surface area (Å²) in [7, 11) is 1.65. The van der Waals surface area contributed by atoms with Gasteiger partial charge in [-0.2, -0.15) is 0 Å². The fourth-order valence-electron chi connectivity index (χ4n) is 3.74. The standard InChI is InChI=1S/C23H30N2O2/c1-18-6-3-4-8-21(18)17-25-13-5-7-20(16-25)15-24-23(26)14-19-9-11-22(27-2)12-10-19/h3-4,6,8-12,20H,5,7,13-17H2,1-2H3,(H,24,26). The fraction of sp³-hybridized carbons (Fsp3) is 0.435. The molecule has 144 valence electrons. The van der Waals surface area contributed by atoms with Crippen molar-refractivity contribution in [2.45, 2.75) is 32.7 Å². The first-order chi connectivity index (χ1) is 13.1. The van der Waals surface area contributed by atoms with Crippen molar-refractivity contribution in [3.05, 3.63) is 65.2 Å². The summed E-state index contributed by atoms with van der Waals surface area (Å²) in [4.78, 5) is 14.8. The molecule has 2 aromatic carbocycles. The molecule has 1 amide bonds. The summed E-state index contributed by atoms with van der Waals surface area (Å²) >= 11 is 0. The number of carbonyl (C=O) groups is 1. The molecule has 1 saturated heterocycles. The van der Waals surface area contributed by atoms with E-state index < -0.39 is 0 Å². The first-order valence-electron chi connectivity index (χ1n) is 9.80. The van der Waals surface area contributed by atoms with Crippen LogP contribution in [0.1, 0.15) is 29.5 Å². The zero-order valence-corrected chi connectivity index (χ0v) is 16.4. The van der Waals surface area contributed by atoms with Crippen LogP contribution >= 0.6 is 0 Å². The van der Waals surface area contributed by atoms with Gasteiger partial charge in [-0.3, -0.25) is 9.69 Å². The molecule has 4 heteroatoms. The predicted molar refractivity (Wildman–Crippen MR) is 109 cm³/mol. The molecular formula is C23H30N2O2. The Morgan fingerprint density at radius 1 is 1.19 bits per heavy atom. The van der Waals surface area contributed by atoms with Gasteiger partial charge in [-0.1, -0.05) is 36.4 Å². The van der Waals surface area contributed by atoms with Crippen molar-refractivity contribution in [2.24, 2.45) is 5.92 Å². The van der Waals surface area contributed by atoms with Crippen molar-refractivity contribution in [2.75, 3.05) is 26.7 Å². The maximum absolute atomic E-state index is 12.3. The van der Waals surface area contributed by atoms with Gasteiger partial charge in [0.15, 0.2) is 0 Å². The Hall–Kier alpha value is -2.33. The number of rotatable bonds is 7. The van der Waals surface area contributed by atoms with Gasteiger partial charge < -0.3 is 10.1 Å². The molecule has 1 N–H and O–H groups in total. The van der Waals surface area contributed by atoms with Crippen LogP contribution in [-0.4, -0.2) is 37.6 Å². The van der Waals surface area contributed by atoms with Gasteiger partial charge in [-0.05, 0) is 61.1 Å². The highest BCUT2D eigenvalue weighted by molar-refractivity contribution is 5.78. The van der Waals surface area contributed by atoms with E-state index in [0.717, 1.165) is 37.5 Å². The summed E-state index contributed by atoms with van der Waals surface area (Å²) in [5, 5.41) is 3.13. The SMILES string of the molecule is COc1ccc(CC(=O)NCC2CCCN(Cc3ccccc3C)C2)cc1. The minimum atomic E-state index is 0.0937. The van der Waals surface area contributed by atoms with Crippen LogP contribution in [0.4, 0.5) is 0 Å². The second-order valence-electron chi connectivity index (χ2n) is 7.50. The molecule has 0 bridgehead atoms. The van der Waals surface area contributed by atoms with Crippen LogP contribution in [0.25, 0.3) is 0 Å². The van der Waals surface area contributed by atoms with Gasteiger partial charge in [-0.15, -0.1) is 0 Å². The number of aryl methyl sites for hydroxylation is 1. The summed E-state index contributed by atoms with van der Waals surface area (Å²) < 4.78 is 5.16. The molecule has 0 saturated carbocycles. The molecule has 1 aliphatic rings. The molecular weight excluding hydrogens is 336 g/mol. The van der Waals surface area contributed by atoms with Crippen molar-refractivity contribution >= 4 is 5.91 Å². The van der Waals surface area contributed by atoms with Crippen molar-refractivity contribution in [3.8, 4) is 5.75 Å². The number of benzene rings is 2. The van der Waals surface area contributed by atoms with Crippen LogP contribution < -0.4 is 10.1 Å². The van der Waals surface area contributed by atoms with Crippen LogP contribution in [0.3, 0.4) is 0 Å². The van der Waals surface area contributed by atoms with E-state index in [9.17, 15) is 4.79 Å². The Labute approximate surface area is 162 Å². The van der Waals surface area contributed by atoms with Gasteiger partial charge >= 0.3 is 0 Å². The molecule has 1 unspecified atom stereocenters. The van der Waals surface area contributed by atoms with Crippen molar-refractivity contribution in [1.29, 1.82) is 0 Å². The number of carbonyl (C=O) groups excluding carboxylic acids is 1. The fourth-order valence-corrected chi connectivity index (χ4v) is 3.74. The Kier molecular flexibility index (Phi) is 6.88. The zero-order valence-electron chi connectivity index (χ0n) is 16.4. The molecule has 27 heavy (non-hydrogen) atoms. The van der Waals surface area contributed by atoms with E-state index in [4.69, 9.17) is 4.74 Å². The number of hydrogen-bond donors (Lipinski definition) is 1. The number of methoxy groups -OCH3 is 1. The molecule has 0 spiro atoms. The van der Waals surface area contributed by atoms with E-state index in [-0.39, 0.29) is 5.91 Å². The van der Waals surface area contributed by atoms with Crippen LogP contribution in [-0.2, 0) is 17.8 Å². The molecule has 1 fully saturated rings. The quantitative estimate of drug-likeness (QED) is 0.814. The lowest BCUT2D eigenvalue weighted by Gasteiger charge is -2.33. The van der Waals surface area contributed by atoms with E-state index in [0.29, 0.717) is 12.3 Å². The Morgan fingerprint density at radius 3 is 2.70 bits per heavy atom. The maximum Gasteiger partial charge on any atom is 0.224 e. The van der Waals surface area contributed by atoms with Gasteiger partial charge in [0.05, 0.1) is 13.5 Å². The van der Waals surface area contributed by atoms with Crippen LogP contribution in [0.5, 0.6) is 5.75 Å². The average molecular weight is 367 g/mol. The Morgan fingerprint density at radius 2 is 1.96 bits per heavy atom. The summed E-state index contributed by atoms with van der Waals surface area (Å²) in [6, 6.07) is 16.3. The third-order valence-corrected chi connectivity index (χ3v) is 5.37. The van der Waals surface area contributed by atoms with Gasteiger partial charge in [0.2, 0.25) is 5.91 Å². The van der Waals surface area contributed by atoms with E-state index in [1.165, 1.54) is 24.0 Å². The largest absolute Gasteiger partial charge is 0.497 e. The third-order valence-electron chi connectivity index (χ3n) is 5.37. The third kappa shape index (κ3) is 5.83. The first kappa shape index (κ1) is 19.4. The maximum atomic E-state index is 12.3. The lowest BCUT2D eigenvalue weighted by Crippen LogP contribution is -2.41. The van der Waals surface area contributed by atoms with Crippen LogP contribution in [0.2, 0.25) is 0 Å². The molecule has 1 aliphatic heterocycles. The van der Waals surface area contributed by atoms with Gasteiger partial charge in [0, 0.05) is 19.6 Å². The molecule has 1 atom stereocenters. The smallest absolute Gasteiger partial charge is 0.224 e. The number of likely N-dealkylation sites (tertiary alicyclic amines) is 1. The molecule has 0 aliphatic carbocycles. The minimum absolute atomic E-state index is 0.0937. The lowest BCUT2D eigenvalue weighted by molar-refractivity contribution is -0.120. The van der Waals surface area contributed by atoms with Crippen LogP contribution in [0, 0.1) is 12.8 Å². The molecule has 0 aromatic heterocycles. The number of amides is 1. The summed E-state index contributed by atoms with van der Waals surface area (Å²) in [6.45, 7) is 6.14. The zero-order chi connectivity index (χ0) is 19.1. The summed E-state index contributed by atoms with van der Waals surface area (Å²) in [5.41, 5.74) is 3.77. The highest BCUT2D eigenvalue weighted by Crippen LogP contribution is 2.19. The second-order valence-corrected chi connectivity index (χ2v) is 7.50. The second kappa shape index (κ2) is 9.56. The van der Waals surface area contributed by atoms with E-state index in [1.54, 1.807) is 7.11 Å². The topological polar surface area (TPSA) is 41.6 Å². The van der Waals surface area contributed by atoms with E-state index in [1.807, 2.05) is 24.3 Å². The van der Waals surface area contributed by atoms with E-state index in [2.05, 4.69) is 41.4 Å². The van der Waals surface area contributed by atoms with E-state index >= 15 is 0 Å². The molecule has 2 aromatic rings. The Bertz CT molecular complexity index is 742. The van der Waals surface area contributed by atoms with Crippen molar-refractivity contribution in [1.82, 2.24) is 10.2 Å². The normalized spacial score (nSPS) is 17.5. The summed E-state index contributed by atoms with van der Waals surface area (Å²) in [5.74, 6) is 1.44. The number of nitrogens with zero attached hydrogens (tertiary/aromatic N) is 1. The molecule has 4 nitrogen and oxygen atoms in total. The Balaban J connectivity index is 1.44. The molecule has 1 heterocycles. The average Bonchev–Trinajstić information content (AvgIpc) is 2.69. The number of piperidine rings is 1. The van der Waals surface area contributed by atoms with Gasteiger partial charge in [-0.25, -0.2) is 0 Å².